The van der Waals surface area contributed by atoms with Crippen molar-refractivity contribution in [3.63, 3.8) is 0 Å². The molecule has 0 atom stereocenters. The van der Waals surface area contributed by atoms with Gasteiger partial charge in [-0.1, -0.05) is 28.9 Å². The van der Waals surface area contributed by atoms with Crippen LogP contribution in [0.1, 0.15) is 30.1 Å². The van der Waals surface area contributed by atoms with Gasteiger partial charge in [0.05, 0.1) is 24.2 Å². The monoisotopic (exact) mass is 420 g/mol. The van der Waals surface area contributed by atoms with Crippen LogP contribution in [0.25, 0.3) is 10.9 Å². The Morgan fingerprint density at radius 3 is 3.08 bits per heavy atom. The quantitative estimate of drug-likeness (QED) is 0.612. The number of rotatable bonds is 9. The number of benzene rings is 1. The fraction of sp³-hybridized carbons (Fsp3) is 0.474. The maximum absolute atomic E-state index is 12.7. The summed E-state index contributed by atoms with van der Waals surface area (Å²) in [5, 5.41) is 7.23. The minimum absolute atomic E-state index is 0.0483. The Morgan fingerprint density at radius 1 is 1.42 bits per heavy atom. The van der Waals surface area contributed by atoms with Crippen molar-refractivity contribution in [2.75, 3.05) is 32.8 Å². The number of nitrogens with zero attached hydrogens (tertiary/aromatic N) is 2. The van der Waals surface area contributed by atoms with E-state index in [2.05, 4.69) is 43.0 Å². The lowest BCUT2D eigenvalue weighted by Gasteiger charge is -2.06. The van der Waals surface area contributed by atoms with Crippen LogP contribution in [0.5, 0.6) is 0 Å². The Bertz CT molecular complexity index is 800. The summed E-state index contributed by atoms with van der Waals surface area (Å²) in [5.41, 5.74) is 1.72. The zero-order chi connectivity index (χ0) is 18.4. The van der Waals surface area contributed by atoms with Crippen LogP contribution >= 0.6 is 15.9 Å². The van der Waals surface area contributed by atoms with Gasteiger partial charge in [-0.05, 0) is 25.0 Å². The molecular formula is C19H25BrN4O2. The summed E-state index contributed by atoms with van der Waals surface area (Å²) in [5.74, 6) is 0.912. The highest BCUT2D eigenvalue weighted by atomic mass is 79.9. The van der Waals surface area contributed by atoms with Gasteiger partial charge in [-0.25, -0.2) is 0 Å². The lowest BCUT2D eigenvalue weighted by Crippen LogP contribution is -2.25. The SMILES string of the molecule is CCCOCCCNC(=O)c1cn(CC2=NCCN2)c2cc(Br)ccc12. The first-order valence-corrected chi connectivity index (χ1v) is 9.90. The van der Waals surface area contributed by atoms with Crippen molar-refractivity contribution in [2.45, 2.75) is 26.3 Å². The lowest BCUT2D eigenvalue weighted by atomic mass is 10.1. The van der Waals surface area contributed by atoms with Crippen molar-refractivity contribution in [2.24, 2.45) is 4.99 Å². The maximum Gasteiger partial charge on any atom is 0.253 e. The number of hydrogen-bond donors (Lipinski definition) is 2. The van der Waals surface area contributed by atoms with Crippen LogP contribution in [0.15, 0.2) is 33.9 Å². The van der Waals surface area contributed by atoms with Gasteiger partial charge in [-0.2, -0.15) is 0 Å². The van der Waals surface area contributed by atoms with E-state index < -0.39 is 0 Å². The number of amides is 1. The summed E-state index contributed by atoms with van der Waals surface area (Å²) in [6.45, 7) is 6.48. The van der Waals surface area contributed by atoms with Crippen molar-refractivity contribution in [1.29, 1.82) is 0 Å². The number of carbonyl (C=O) groups excluding carboxylic acids is 1. The number of aromatic nitrogens is 1. The fourth-order valence-electron chi connectivity index (χ4n) is 3.01. The van der Waals surface area contributed by atoms with Crippen LogP contribution in [-0.2, 0) is 11.3 Å². The number of aliphatic imine (C=N–C) groups is 1. The summed E-state index contributed by atoms with van der Waals surface area (Å²) in [6.07, 6.45) is 3.75. The van der Waals surface area contributed by atoms with Crippen LogP contribution in [-0.4, -0.2) is 49.2 Å². The van der Waals surface area contributed by atoms with Crippen molar-refractivity contribution in [3.05, 3.63) is 34.4 Å². The summed E-state index contributed by atoms with van der Waals surface area (Å²) in [6, 6.07) is 5.99. The maximum atomic E-state index is 12.7. The minimum atomic E-state index is -0.0483. The zero-order valence-electron chi connectivity index (χ0n) is 15.1. The topological polar surface area (TPSA) is 67.6 Å². The third-order valence-electron chi connectivity index (χ3n) is 4.25. The molecular weight excluding hydrogens is 396 g/mol. The highest BCUT2D eigenvalue weighted by Crippen LogP contribution is 2.25. The predicted molar refractivity (Wildman–Crippen MR) is 108 cm³/mol. The van der Waals surface area contributed by atoms with Crippen molar-refractivity contribution in [1.82, 2.24) is 15.2 Å². The average molecular weight is 421 g/mol. The molecule has 140 valence electrons. The Balaban J connectivity index is 1.72. The normalized spacial score (nSPS) is 13.7. The van der Waals surface area contributed by atoms with Crippen molar-refractivity contribution < 1.29 is 9.53 Å². The van der Waals surface area contributed by atoms with Gasteiger partial charge in [-0.15, -0.1) is 0 Å². The van der Waals surface area contributed by atoms with Gasteiger partial charge >= 0.3 is 0 Å². The summed E-state index contributed by atoms with van der Waals surface area (Å²) >= 11 is 3.52. The largest absolute Gasteiger partial charge is 0.381 e. The molecule has 1 aliphatic rings. The molecule has 7 heteroatoms. The molecule has 0 saturated heterocycles. The first-order chi connectivity index (χ1) is 12.7. The molecule has 0 saturated carbocycles. The summed E-state index contributed by atoms with van der Waals surface area (Å²) in [4.78, 5) is 17.1. The molecule has 26 heavy (non-hydrogen) atoms. The molecule has 0 bridgehead atoms. The van der Waals surface area contributed by atoms with Gasteiger partial charge in [0.25, 0.3) is 5.91 Å². The highest BCUT2D eigenvalue weighted by Gasteiger charge is 2.17. The number of carbonyl (C=O) groups is 1. The van der Waals surface area contributed by atoms with Gasteiger partial charge in [0.1, 0.15) is 5.84 Å². The van der Waals surface area contributed by atoms with Crippen molar-refractivity contribution >= 4 is 38.6 Å². The van der Waals surface area contributed by atoms with Gasteiger partial charge in [0.15, 0.2) is 0 Å². The second-order valence-electron chi connectivity index (χ2n) is 6.31. The van der Waals surface area contributed by atoms with Gasteiger partial charge in [0, 0.05) is 42.4 Å². The van der Waals surface area contributed by atoms with E-state index >= 15 is 0 Å². The molecule has 0 aliphatic carbocycles. The van der Waals surface area contributed by atoms with Gasteiger partial charge in [0.2, 0.25) is 0 Å². The van der Waals surface area contributed by atoms with E-state index in [1.54, 1.807) is 0 Å². The molecule has 1 aromatic carbocycles. The van der Waals surface area contributed by atoms with Gasteiger partial charge in [-0.3, -0.25) is 9.79 Å². The third kappa shape index (κ3) is 4.65. The first-order valence-electron chi connectivity index (χ1n) is 9.10. The van der Waals surface area contributed by atoms with E-state index in [0.717, 1.165) is 53.7 Å². The molecule has 2 aromatic rings. The Labute approximate surface area is 162 Å². The molecule has 1 aliphatic heterocycles. The Morgan fingerprint density at radius 2 is 2.31 bits per heavy atom. The second kappa shape index (κ2) is 9.19. The number of amidine groups is 1. The van der Waals surface area contributed by atoms with Crippen LogP contribution in [0.2, 0.25) is 0 Å². The van der Waals surface area contributed by atoms with Crippen LogP contribution < -0.4 is 10.6 Å². The standard InChI is InChI=1S/C19H25BrN4O2/c1-2-9-26-10-3-6-23-19(25)16-12-24(13-18-21-7-8-22-18)17-11-14(20)4-5-15(16)17/h4-5,11-12H,2-3,6-10,13H2,1H3,(H,21,22)(H,23,25). The van der Waals surface area contributed by atoms with Crippen LogP contribution in [0.4, 0.5) is 0 Å². The van der Waals surface area contributed by atoms with E-state index in [1.807, 2.05) is 24.4 Å². The minimum Gasteiger partial charge on any atom is -0.381 e. The van der Waals surface area contributed by atoms with Gasteiger partial charge < -0.3 is 19.9 Å². The third-order valence-corrected chi connectivity index (χ3v) is 4.75. The van der Waals surface area contributed by atoms with E-state index in [0.29, 0.717) is 25.3 Å². The highest BCUT2D eigenvalue weighted by molar-refractivity contribution is 9.10. The molecule has 0 radical (unpaired) electrons. The van der Waals surface area contributed by atoms with E-state index in [-0.39, 0.29) is 5.91 Å². The summed E-state index contributed by atoms with van der Waals surface area (Å²) in [7, 11) is 0. The molecule has 0 unspecified atom stereocenters. The van der Waals surface area contributed by atoms with Crippen LogP contribution in [0.3, 0.4) is 0 Å². The molecule has 1 amide bonds. The predicted octanol–water partition coefficient (Wildman–Crippen LogP) is 2.95. The number of nitrogens with one attached hydrogen (secondary N) is 2. The molecule has 0 spiro atoms. The number of ether oxygens (including phenoxy) is 1. The average Bonchev–Trinajstić information content (AvgIpc) is 3.26. The molecule has 0 fully saturated rings. The smallest absolute Gasteiger partial charge is 0.253 e. The second-order valence-corrected chi connectivity index (χ2v) is 7.22. The zero-order valence-corrected chi connectivity index (χ0v) is 16.6. The molecule has 2 heterocycles. The molecule has 1 aromatic heterocycles. The number of fused-ring (bicyclic) bond motifs is 1. The number of hydrogen-bond acceptors (Lipinski definition) is 4. The van der Waals surface area contributed by atoms with Crippen molar-refractivity contribution in [3.8, 4) is 0 Å². The summed E-state index contributed by atoms with van der Waals surface area (Å²) < 4.78 is 8.52. The van der Waals surface area contributed by atoms with Crippen LogP contribution in [0, 0.1) is 0 Å². The van der Waals surface area contributed by atoms with E-state index in [1.165, 1.54) is 0 Å². The van der Waals surface area contributed by atoms with E-state index in [4.69, 9.17) is 4.74 Å². The first kappa shape index (κ1) is 18.9. The lowest BCUT2D eigenvalue weighted by molar-refractivity contribution is 0.0943. The molecule has 3 rings (SSSR count). The van der Waals surface area contributed by atoms with E-state index in [9.17, 15) is 4.79 Å². The number of halogens is 1. The fourth-order valence-corrected chi connectivity index (χ4v) is 3.36. The Kier molecular flexibility index (Phi) is 6.68. The molecule has 2 N–H and O–H groups in total. The molecule has 6 nitrogen and oxygen atoms in total. The Hall–Kier alpha value is -1.86.